The van der Waals surface area contributed by atoms with Crippen LogP contribution in [-0.2, 0) is 4.74 Å². The predicted molar refractivity (Wildman–Crippen MR) is 120 cm³/mol. The van der Waals surface area contributed by atoms with Gasteiger partial charge in [-0.2, -0.15) is 5.26 Å². The van der Waals surface area contributed by atoms with Gasteiger partial charge in [0, 0.05) is 31.2 Å². The summed E-state index contributed by atoms with van der Waals surface area (Å²) in [6.07, 6.45) is 13.9. The number of nitrogens with one attached hydrogen (secondary N) is 3. The number of nitriles is 1. The summed E-state index contributed by atoms with van der Waals surface area (Å²) < 4.78 is 5.20. The number of alkyl carbamates (subject to hydrolysis) is 1. The van der Waals surface area contributed by atoms with E-state index in [4.69, 9.17) is 10.00 Å². The lowest BCUT2D eigenvalue weighted by Gasteiger charge is -2.19. The van der Waals surface area contributed by atoms with Gasteiger partial charge in [-0.3, -0.25) is 15.3 Å². The summed E-state index contributed by atoms with van der Waals surface area (Å²) in [6, 6.07) is 3.64. The first-order valence-corrected chi connectivity index (χ1v) is 10.7. The molecule has 1 amide bonds. The predicted octanol–water partition coefficient (Wildman–Crippen LogP) is 4.57. The Kier molecular flexibility index (Phi) is 12.7. The molecule has 0 aliphatic rings. The van der Waals surface area contributed by atoms with Gasteiger partial charge in [-0.1, -0.05) is 38.5 Å². The number of ether oxygens (including phenoxy) is 1. The summed E-state index contributed by atoms with van der Waals surface area (Å²) in [5.74, 6) is 0.462. The van der Waals surface area contributed by atoms with Crippen molar-refractivity contribution in [3.8, 4) is 6.19 Å². The van der Waals surface area contributed by atoms with E-state index in [2.05, 4.69) is 25.9 Å². The highest BCUT2D eigenvalue weighted by molar-refractivity contribution is 5.94. The molecule has 8 heteroatoms. The number of unbranched alkanes of at least 4 members (excludes halogenated alkanes) is 7. The van der Waals surface area contributed by atoms with E-state index < -0.39 is 5.60 Å². The Hall–Kier alpha value is -2.82. The molecule has 166 valence electrons. The Labute approximate surface area is 180 Å². The third-order valence-corrected chi connectivity index (χ3v) is 4.14. The van der Waals surface area contributed by atoms with Gasteiger partial charge in [0.1, 0.15) is 5.60 Å². The molecule has 30 heavy (non-hydrogen) atoms. The molecule has 0 unspecified atom stereocenters. The van der Waals surface area contributed by atoms with Crippen LogP contribution in [0.5, 0.6) is 0 Å². The molecule has 0 aliphatic heterocycles. The van der Waals surface area contributed by atoms with Crippen LogP contribution in [-0.4, -0.2) is 35.7 Å². The first-order valence-electron chi connectivity index (χ1n) is 10.7. The van der Waals surface area contributed by atoms with Crippen LogP contribution in [0, 0.1) is 11.5 Å². The van der Waals surface area contributed by atoms with Gasteiger partial charge in [-0.25, -0.2) is 4.79 Å². The number of nitrogens with zero attached hydrogens (tertiary/aromatic N) is 3. The number of hydrogen-bond acceptors (Lipinski definition) is 5. The zero-order chi connectivity index (χ0) is 22.1. The van der Waals surface area contributed by atoms with Crippen molar-refractivity contribution >= 4 is 17.7 Å². The topological polar surface area (TPSA) is 111 Å². The van der Waals surface area contributed by atoms with Gasteiger partial charge in [-0.05, 0) is 45.7 Å². The minimum Gasteiger partial charge on any atom is -0.444 e. The van der Waals surface area contributed by atoms with Crippen LogP contribution in [0.25, 0.3) is 0 Å². The molecule has 1 heterocycles. The van der Waals surface area contributed by atoms with Crippen LogP contribution in [0.1, 0.15) is 72.1 Å². The van der Waals surface area contributed by atoms with Crippen LogP contribution >= 0.6 is 0 Å². The first-order chi connectivity index (χ1) is 14.4. The minimum atomic E-state index is -0.445. The fourth-order valence-corrected chi connectivity index (χ4v) is 2.73. The van der Waals surface area contributed by atoms with E-state index in [9.17, 15) is 4.79 Å². The van der Waals surface area contributed by atoms with Crippen LogP contribution in [0.2, 0.25) is 0 Å². The summed E-state index contributed by atoms with van der Waals surface area (Å²) in [6.45, 7) is 6.93. The maximum absolute atomic E-state index is 11.5. The van der Waals surface area contributed by atoms with Gasteiger partial charge in [0.2, 0.25) is 5.96 Å². The normalized spacial score (nSPS) is 11.5. The van der Waals surface area contributed by atoms with Gasteiger partial charge in [-0.15, -0.1) is 0 Å². The van der Waals surface area contributed by atoms with Gasteiger partial charge in [0.05, 0.1) is 0 Å². The lowest BCUT2D eigenvalue weighted by atomic mass is 10.1. The number of amides is 1. The maximum Gasteiger partial charge on any atom is 0.407 e. The maximum atomic E-state index is 11.5. The first kappa shape index (κ1) is 25.2. The third-order valence-electron chi connectivity index (χ3n) is 4.14. The van der Waals surface area contributed by atoms with Crippen molar-refractivity contribution in [2.75, 3.05) is 18.4 Å². The van der Waals surface area contributed by atoms with Crippen molar-refractivity contribution in [1.29, 1.82) is 5.26 Å². The van der Waals surface area contributed by atoms with Gasteiger partial charge < -0.3 is 15.4 Å². The second-order valence-electron chi connectivity index (χ2n) is 8.09. The van der Waals surface area contributed by atoms with E-state index in [1.807, 2.05) is 39.1 Å². The number of aromatic nitrogens is 1. The largest absolute Gasteiger partial charge is 0.444 e. The highest BCUT2D eigenvalue weighted by Gasteiger charge is 2.15. The lowest BCUT2D eigenvalue weighted by Crippen LogP contribution is -2.32. The zero-order valence-electron chi connectivity index (χ0n) is 18.5. The van der Waals surface area contributed by atoms with Gasteiger partial charge in [0.25, 0.3) is 0 Å². The SMILES string of the molecule is CC(C)(C)OC(=O)NCCCCCCCCCCN=C(NC#N)Nc1ccncc1. The van der Waals surface area contributed by atoms with Crippen molar-refractivity contribution < 1.29 is 9.53 Å². The molecule has 0 atom stereocenters. The fourth-order valence-electron chi connectivity index (χ4n) is 2.73. The van der Waals surface area contributed by atoms with E-state index in [-0.39, 0.29) is 6.09 Å². The van der Waals surface area contributed by atoms with Crippen molar-refractivity contribution in [2.45, 2.75) is 77.7 Å². The second-order valence-corrected chi connectivity index (χ2v) is 8.09. The molecule has 1 aromatic heterocycles. The van der Waals surface area contributed by atoms with E-state index in [0.717, 1.165) is 31.4 Å². The summed E-state index contributed by atoms with van der Waals surface area (Å²) in [5, 5.41) is 17.3. The summed E-state index contributed by atoms with van der Waals surface area (Å²) in [7, 11) is 0. The van der Waals surface area contributed by atoms with E-state index in [1.54, 1.807) is 12.4 Å². The van der Waals surface area contributed by atoms with E-state index >= 15 is 0 Å². The molecule has 8 nitrogen and oxygen atoms in total. The molecule has 0 saturated carbocycles. The molecule has 3 N–H and O–H groups in total. The van der Waals surface area contributed by atoms with Gasteiger partial charge >= 0.3 is 6.09 Å². The molecule has 0 saturated heterocycles. The molecule has 0 radical (unpaired) electrons. The van der Waals surface area contributed by atoms with Crippen molar-refractivity contribution in [2.24, 2.45) is 4.99 Å². The van der Waals surface area contributed by atoms with Crippen molar-refractivity contribution in [3.05, 3.63) is 24.5 Å². The second kappa shape index (κ2) is 15.1. The average Bonchev–Trinajstić information content (AvgIpc) is 2.68. The number of aliphatic imine (C=N–C) groups is 1. The Balaban J connectivity index is 2.00. The number of carbonyl (C=O) groups is 1. The Morgan fingerprint density at radius 2 is 1.67 bits per heavy atom. The summed E-state index contributed by atoms with van der Waals surface area (Å²) in [5.41, 5.74) is 0.395. The number of pyridine rings is 1. The number of carbonyl (C=O) groups excluding carboxylic acids is 1. The van der Waals surface area contributed by atoms with E-state index in [1.165, 1.54) is 25.7 Å². The molecular formula is C22H36N6O2. The fraction of sp³-hybridized carbons (Fsp3) is 0.636. The average molecular weight is 417 g/mol. The van der Waals surface area contributed by atoms with Crippen molar-refractivity contribution in [1.82, 2.24) is 15.6 Å². The number of rotatable bonds is 12. The smallest absolute Gasteiger partial charge is 0.407 e. The molecule has 0 spiro atoms. The molecular weight excluding hydrogens is 380 g/mol. The van der Waals surface area contributed by atoms with Gasteiger partial charge in [0.15, 0.2) is 6.19 Å². The van der Waals surface area contributed by atoms with Crippen molar-refractivity contribution in [3.63, 3.8) is 0 Å². The monoisotopic (exact) mass is 416 g/mol. The number of anilines is 1. The summed E-state index contributed by atoms with van der Waals surface area (Å²) in [4.78, 5) is 19.9. The highest BCUT2D eigenvalue weighted by Crippen LogP contribution is 2.09. The Bertz CT molecular complexity index is 664. The van der Waals surface area contributed by atoms with Crippen LogP contribution in [0.15, 0.2) is 29.5 Å². The molecule has 0 aromatic carbocycles. The van der Waals surface area contributed by atoms with Crippen LogP contribution in [0.4, 0.5) is 10.5 Å². The molecule has 1 rings (SSSR count). The Morgan fingerprint density at radius 3 is 2.27 bits per heavy atom. The molecule has 0 aliphatic carbocycles. The number of hydrogen-bond donors (Lipinski definition) is 3. The third kappa shape index (κ3) is 14.2. The molecule has 0 bridgehead atoms. The molecule has 0 fully saturated rings. The quantitative estimate of drug-likeness (QED) is 0.151. The van der Waals surface area contributed by atoms with Crippen LogP contribution < -0.4 is 16.0 Å². The zero-order valence-corrected chi connectivity index (χ0v) is 18.5. The lowest BCUT2D eigenvalue weighted by molar-refractivity contribution is 0.0527. The van der Waals surface area contributed by atoms with E-state index in [0.29, 0.717) is 19.0 Å². The number of guanidine groups is 1. The standard InChI is InChI=1S/C22H36N6O2/c1-22(2,3)30-21(29)26-15-11-9-7-5-4-6-8-10-14-25-20(27-18-23)28-19-12-16-24-17-13-19/h12-13,16-17H,4-11,14-15H2,1-3H3,(H,26,29)(H2,24,25,27,28). The summed E-state index contributed by atoms with van der Waals surface area (Å²) >= 11 is 0. The Morgan fingerprint density at radius 1 is 1.07 bits per heavy atom. The minimum absolute atomic E-state index is 0.339. The van der Waals surface area contributed by atoms with Crippen LogP contribution in [0.3, 0.4) is 0 Å². The molecule has 1 aromatic rings. The highest BCUT2D eigenvalue weighted by atomic mass is 16.6.